The van der Waals surface area contributed by atoms with Crippen LogP contribution >= 0.6 is 0 Å². The van der Waals surface area contributed by atoms with Crippen LogP contribution in [-0.2, 0) is 4.74 Å². The smallest absolute Gasteiger partial charge is 0.412 e. The van der Waals surface area contributed by atoms with E-state index < -0.39 is 11.7 Å². The molecular formula is C18H19N3O5. The van der Waals surface area contributed by atoms with Crippen LogP contribution in [0.1, 0.15) is 31.3 Å². The minimum Gasteiger partial charge on any atom is -0.454 e. The third-order valence-electron chi connectivity index (χ3n) is 3.27. The summed E-state index contributed by atoms with van der Waals surface area (Å²) in [5.74, 6) is 1.55. The number of benzene rings is 1. The highest BCUT2D eigenvalue weighted by molar-refractivity contribution is 5.87. The van der Waals surface area contributed by atoms with E-state index in [4.69, 9.17) is 14.2 Å². The zero-order chi connectivity index (χ0) is 18.7. The maximum absolute atomic E-state index is 12.0. The molecule has 0 aliphatic carbocycles. The van der Waals surface area contributed by atoms with E-state index in [1.54, 1.807) is 45.0 Å². The molecule has 1 aromatic heterocycles. The molecule has 2 N–H and O–H groups in total. The molecule has 1 aliphatic rings. The Morgan fingerprint density at radius 1 is 1.27 bits per heavy atom. The summed E-state index contributed by atoms with van der Waals surface area (Å²) in [5, 5.41) is 5.67. The molecule has 26 heavy (non-hydrogen) atoms. The van der Waals surface area contributed by atoms with E-state index in [0.717, 1.165) is 0 Å². The zero-order valence-corrected chi connectivity index (χ0v) is 14.7. The number of hydrogen-bond donors (Lipinski definition) is 2. The van der Waals surface area contributed by atoms with E-state index in [9.17, 15) is 9.59 Å². The monoisotopic (exact) mass is 357 g/mol. The lowest BCUT2D eigenvalue weighted by molar-refractivity contribution is 0.0635. The summed E-state index contributed by atoms with van der Waals surface area (Å²) in [6.07, 6.45) is -0.0237. The molecule has 136 valence electrons. The second-order valence-electron chi connectivity index (χ2n) is 6.58. The quantitative estimate of drug-likeness (QED) is 0.805. The van der Waals surface area contributed by atoms with Gasteiger partial charge in [-0.1, -0.05) is 6.07 Å². The Morgan fingerprint density at radius 3 is 2.81 bits per heavy atom. The molecule has 0 unspecified atom stereocenters. The molecule has 1 amide bonds. The van der Waals surface area contributed by atoms with Gasteiger partial charge in [-0.05, 0) is 39.0 Å². The Morgan fingerprint density at radius 2 is 2.08 bits per heavy atom. The van der Waals surface area contributed by atoms with Crippen LogP contribution in [0.4, 0.5) is 22.0 Å². The molecule has 0 radical (unpaired) electrons. The van der Waals surface area contributed by atoms with Crippen molar-refractivity contribution < 1.29 is 23.8 Å². The molecule has 1 aromatic carbocycles. The number of nitrogens with one attached hydrogen (secondary N) is 2. The molecule has 0 atom stereocenters. The third kappa shape index (κ3) is 4.21. The van der Waals surface area contributed by atoms with Gasteiger partial charge in [-0.15, -0.1) is 0 Å². The first-order valence-corrected chi connectivity index (χ1v) is 7.97. The van der Waals surface area contributed by atoms with Crippen LogP contribution in [0.25, 0.3) is 0 Å². The van der Waals surface area contributed by atoms with Crippen molar-refractivity contribution in [2.75, 3.05) is 17.4 Å². The van der Waals surface area contributed by atoms with Crippen molar-refractivity contribution in [3.05, 3.63) is 36.0 Å². The van der Waals surface area contributed by atoms with Crippen molar-refractivity contribution in [3.63, 3.8) is 0 Å². The summed E-state index contributed by atoms with van der Waals surface area (Å²) in [7, 11) is 0. The average molecular weight is 357 g/mol. The summed E-state index contributed by atoms with van der Waals surface area (Å²) in [6.45, 7) is 5.43. The van der Waals surface area contributed by atoms with Crippen LogP contribution in [0.15, 0.2) is 30.3 Å². The van der Waals surface area contributed by atoms with Gasteiger partial charge in [-0.3, -0.25) is 10.1 Å². The fourth-order valence-electron chi connectivity index (χ4n) is 2.34. The van der Waals surface area contributed by atoms with Crippen LogP contribution in [0.5, 0.6) is 11.5 Å². The first-order chi connectivity index (χ1) is 12.3. The van der Waals surface area contributed by atoms with Gasteiger partial charge in [0.05, 0.1) is 5.69 Å². The highest BCUT2D eigenvalue weighted by atomic mass is 16.7. The van der Waals surface area contributed by atoms with E-state index in [1.165, 1.54) is 6.07 Å². The molecule has 0 bridgehead atoms. The summed E-state index contributed by atoms with van der Waals surface area (Å²) >= 11 is 0. The first-order valence-electron chi connectivity index (χ1n) is 7.97. The molecule has 8 nitrogen and oxygen atoms in total. The standard InChI is InChI=1S/C18H19N3O5/c1-18(2,3)26-17(23)20-11-7-12(9-22)19-15(8-11)21-13-5-4-6-14-16(13)25-10-24-14/h4-9H,10H2,1-3H3,(H2,19,20,21,23). The lowest BCUT2D eigenvalue weighted by Crippen LogP contribution is -2.27. The van der Waals surface area contributed by atoms with Crippen LogP contribution < -0.4 is 20.1 Å². The van der Waals surface area contributed by atoms with E-state index in [1.807, 2.05) is 0 Å². The maximum Gasteiger partial charge on any atom is 0.412 e. The molecule has 3 rings (SSSR count). The fraction of sp³-hybridized carbons (Fsp3) is 0.278. The Kier molecular flexibility index (Phi) is 4.66. The Labute approximate surface area is 150 Å². The third-order valence-corrected chi connectivity index (χ3v) is 3.27. The summed E-state index contributed by atoms with van der Waals surface area (Å²) < 4.78 is 16.0. The van der Waals surface area contributed by atoms with Crippen molar-refractivity contribution in [3.8, 4) is 11.5 Å². The number of rotatable bonds is 4. The van der Waals surface area contributed by atoms with Gasteiger partial charge in [0.15, 0.2) is 17.8 Å². The van der Waals surface area contributed by atoms with Gasteiger partial charge in [0.1, 0.15) is 17.1 Å². The molecule has 1 aliphatic heterocycles. The summed E-state index contributed by atoms with van der Waals surface area (Å²) in [5.41, 5.74) is 0.543. The van der Waals surface area contributed by atoms with Gasteiger partial charge in [0, 0.05) is 11.8 Å². The predicted octanol–water partition coefficient (Wildman–Crippen LogP) is 3.71. The average Bonchev–Trinajstić information content (AvgIpc) is 3.02. The number of para-hydroxylation sites is 1. The number of aldehydes is 1. The van der Waals surface area contributed by atoms with Crippen molar-refractivity contribution in [2.24, 2.45) is 0 Å². The van der Waals surface area contributed by atoms with Gasteiger partial charge < -0.3 is 19.5 Å². The molecule has 0 saturated carbocycles. The number of pyridine rings is 1. The Hall–Kier alpha value is -3.29. The SMILES string of the molecule is CC(C)(C)OC(=O)Nc1cc(C=O)nc(Nc2cccc3c2OCO3)c1. The number of nitrogens with zero attached hydrogens (tertiary/aromatic N) is 1. The maximum atomic E-state index is 12.0. The highest BCUT2D eigenvalue weighted by Crippen LogP contribution is 2.40. The van der Waals surface area contributed by atoms with Crippen LogP contribution in [0, 0.1) is 0 Å². The number of carbonyl (C=O) groups is 2. The number of hydrogen-bond acceptors (Lipinski definition) is 7. The van der Waals surface area contributed by atoms with E-state index in [0.29, 0.717) is 35.0 Å². The Balaban J connectivity index is 1.83. The summed E-state index contributed by atoms with van der Waals surface area (Å²) in [4.78, 5) is 27.3. The highest BCUT2D eigenvalue weighted by Gasteiger charge is 2.19. The predicted molar refractivity (Wildman–Crippen MR) is 95.3 cm³/mol. The molecular weight excluding hydrogens is 338 g/mol. The largest absolute Gasteiger partial charge is 0.454 e. The van der Waals surface area contributed by atoms with Gasteiger partial charge in [0.2, 0.25) is 6.79 Å². The number of carbonyl (C=O) groups excluding carboxylic acids is 2. The van der Waals surface area contributed by atoms with Gasteiger partial charge in [0.25, 0.3) is 0 Å². The normalized spacial score (nSPS) is 12.4. The molecule has 8 heteroatoms. The second-order valence-corrected chi connectivity index (χ2v) is 6.58. The number of amides is 1. The topological polar surface area (TPSA) is 98.8 Å². The molecule has 0 saturated heterocycles. The Bertz CT molecular complexity index is 845. The van der Waals surface area contributed by atoms with Crippen LogP contribution in [0.3, 0.4) is 0 Å². The minimum absolute atomic E-state index is 0.140. The fourth-order valence-corrected chi connectivity index (χ4v) is 2.34. The second kappa shape index (κ2) is 6.91. The zero-order valence-electron chi connectivity index (χ0n) is 14.7. The number of fused-ring (bicyclic) bond motifs is 1. The molecule has 2 heterocycles. The lowest BCUT2D eigenvalue weighted by atomic mass is 10.2. The molecule has 0 spiro atoms. The number of aromatic nitrogens is 1. The van der Waals surface area contributed by atoms with Gasteiger partial charge in [-0.25, -0.2) is 9.78 Å². The van der Waals surface area contributed by atoms with E-state index in [2.05, 4.69) is 15.6 Å². The van der Waals surface area contributed by atoms with Crippen molar-refractivity contribution in [1.82, 2.24) is 4.98 Å². The minimum atomic E-state index is -0.631. The number of ether oxygens (including phenoxy) is 3. The van der Waals surface area contributed by atoms with Crippen molar-refractivity contribution in [1.29, 1.82) is 0 Å². The van der Waals surface area contributed by atoms with Crippen molar-refractivity contribution >= 4 is 29.6 Å². The molecule has 0 fully saturated rings. The van der Waals surface area contributed by atoms with Gasteiger partial charge in [-0.2, -0.15) is 0 Å². The van der Waals surface area contributed by atoms with Crippen LogP contribution in [-0.4, -0.2) is 29.8 Å². The van der Waals surface area contributed by atoms with Crippen LogP contribution in [0.2, 0.25) is 0 Å². The lowest BCUT2D eigenvalue weighted by Gasteiger charge is -2.20. The van der Waals surface area contributed by atoms with Gasteiger partial charge >= 0.3 is 6.09 Å². The van der Waals surface area contributed by atoms with Crippen molar-refractivity contribution in [2.45, 2.75) is 26.4 Å². The summed E-state index contributed by atoms with van der Waals surface area (Å²) in [6, 6.07) is 8.44. The van der Waals surface area contributed by atoms with E-state index >= 15 is 0 Å². The first kappa shape index (κ1) is 17.5. The molecule has 2 aromatic rings. The number of anilines is 3. The van der Waals surface area contributed by atoms with E-state index in [-0.39, 0.29) is 12.5 Å².